The Hall–Kier alpha value is -3.09. The molecule has 2 amide bonds. The first-order chi connectivity index (χ1) is 14.4. The number of carbonyl (C=O) groups is 2. The molecule has 0 spiro atoms. The molecule has 7 nitrogen and oxygen atoms in total. The highest BCUT2D eigenvalue weighted by Gasteiger charge is 2.35. The normalized spacial score (nSPS) is 19.1. The maximum atomic E-state index is 12.4. The molecule has 2 aromatic rings. The van der Waals surface area contributed by atoms with Crippen molar-refractivity contribution in [2.24, 2.45) is 11.7 Å². The highest BCUT2D eigenvalue weighted by Crippen LogP contribution is 2.40. The van der Waals surface area contributed by atoms with E-state index in [0.29, 0.717) is 17.2 Å². The van der Waals surface area contributed by atoms with Gasteiger partial charge in [0.05, 0.1) is 6.04 Å². The van der Waals surface area contributed by atoms with Gasteiger partial charge in [-0.05, 0) is 57.2 Å². The monoisotopic (exact) mass is 407 g/mol. The molecular formula is C23H29N5O2. The number of primary amides is 1. The highest BCUT2D eigenvalue weighted by atomic mass is 16.2. The van der Waals surface area contributed by atoms with E-state index in [1.807, 2.05) is 35.6 Å². The van der Waals surface area contributed by atoms with Crippen LogP contribution in [0.2, 0.25) is 0 Å². The van der Waals surface area contributed by atoms with Crippen molar-refractivity contribution in [3.05, 3.63) is 47.5 Å². The fraction of sp³-hybridized carbons (Fsp3) is 0.435. The zero-order valence-corrected chi connectivity index (χ0v) is 17.6. The smallest absolute Gasteiger partial charge is 0.254 e. The number of benzene rings is 1. The standard InChI is InChI=1S/C23H29N5O2/c1-4-19(29)27-9-6-16(7-10-27)18-5-8-25-23-20(22(24)30)21(26-28(18)23)17-12-14(2)11-15(3)13-17/h4,11-13,16,18,25H,1,5-10H2,2-3H3,(H2,24,30). The molecular weight excluding hydrogens is 378 g/mol. The molecule has 0 radical (unpaired) electrons. The summed E-state index contributed by atoms with van der Waals surface area (Å²) in [6.45, 7) is 9.88. The van der Waals surface area contributed by atoms with Crippen LogP contribution in [-0.4, -0.2) is 46.1 Å². The number of piperidine rings is 1. The molecule has 1 unspecified atom stereocenters. The number of carbonyl (C=O) groups excluding carboxylic acids is 2. The zero-order chi connectivity index (χ0) is 21.4. The van der Waals surface area contributed by atoms with Crippen molar-refractivity contribution in [2.75, 3.05) is 25.0 Å². The van der Waals surface area contributed by atoms with E-state index >= 15 is 0 Å². The molecule has 3 N–H and O–H groups in total. The number of fused-ring (bicyclic) bond motifs is 1. The van der Waals surface area contributed by atoms with Gasteiger partial charge in [0.25, 0.3) is 5.91 Å². The van der Waals surface area contributed by atoms with Crippen molar-refractivity contribution >= 4 is 17.6 Å². The van der Waals surface area contributed by atoms with Crippen LogP contribution in [0.5, 0.6) is 0 Å². The van der Waals surface area contributed by atoms with Crippen LogP contribution >= 0.6 is 0 Å². The summed E-state index contributed by atoms with van der Waals surface area (Å²) in [6.07, 6.45) is 4.13. The minimum atomic E-state index is -0.468. The van der Waals surface area contributed by atoms with Gasteiger partial charge in [-0.3, -0.25) is 9.59 Å². The van der Waals surface area contributed by atoms with Gasteiger partial charge in [0.2, 0.25) is 5.91 Å². The summed E-state index contributed by atoms with van der Waals surface area (Å²) in [5, 5.41) is 8.27. The van der Waals surface area contributed by atoms with E-state index in [2.05, 4.69) is 18.0 Å². The highest BCUT2D eigenvalue weighted by molar-refractivity contribution is 6.04. The third kappa shape index (κ3) is 3.60. The fourth-order valence-electron chi connectivity index (χ4n) is 4.92. The summed E-state index contributed by atoms with van der Waals surface area (Å²) in [5.74, 6) is 0.640. The number of likely N-dealkylation sites (tertiary alicyclic amines) is 1. The number of aryl methyl sites for hydroxylation is 2. The zero-order valence-electron chi connectivity index (χ0n) is 17.6. The van der Waals surface area contributed by atoms with E-state index in [1.54, 1.807) is 0 Å². The van der Waals surface area contributed by atoms with Crippen LogP contribution in [0.25, 0.3) is 11.3 Å². The number of nitrogens with zero attached hydrogens (tertiary/aromatic N) is 3. The molecule has 3 heterocycles. The topological polar surface area (TPSA) is 93.2 Å². The lowest BCUT2D eigenvalue weighted by atomic mass is 9.87. The molecule has 0 bridgehead atoms. The fourth-order valence-corrected chi connectivity index (χ4v) is 4.92. The Morgan fingerprint density at radius 2 is 1.83 bits per heavy atom. The molecule has 2 aliphatic rings. The minimum Gasteiger partial charge on any atom is -0.370 e. The molecule has 4 rings (SSSR count). The van der Waals surface area contributed by atoms with Crippen molar-refractivity contribution in [3.8, 4) is 11.3 Å². The quantitative estimate of drug-likeness (QED) is 0.762. The van der Waals surface area contributed by atoms with Crippen LogP contribution in [0.1, 0.15) is 46.8 Å². The number of anilines is 1. The van der Waals surface area contributed by atoms with Crippen molar-refractivity contribution in [2.45, 2.75) is 39.2 Å². The van der Waals surface area contributed by atoms with Crippen LogP contribution in [0.3, 0.4) is 0 Å². The van der Waals surface area contributed by atoms with Gasteiger partial charge in [-0.25, -0.2) is 4.68 Å². The summed E-state index contributed by atoms with van der Waals surface area (Å²) in [6, 6.07) is 6.37. The maximum absolute atomic E-state index is 12.4. The average molecular weight is 408 g/mol. The van der Waals surface area contributed by atoms with E-state index in [9.17, 15) is 9.59 Å². The van der Waals surface area contributed by atoms with Gasteiger partial charge in [0.1, 0.15) is 17.1 Å². The first-order valence-electron chi connectivity index (χ1n) is 10.5. The minimum absolute atomic E-state index is 0.00772. The predicted molar refractivity (Wildman–Crippen MR) is 117 cm³/mol. The van der Waals surface area contributed by atoms with Crippen molar-refractivity contribution in [1.82, 2.24) is 14.7 Å². The molecule has 30 heavy (non-hydrogen) atoms. The van der Waals surface area contributed by atoms with E-state index in [0.717, 1.165) is 61.4 Å². The third-order valence-corrected chi connectivity index (χ3v) is 6.27. The number of nitrogens with two attached hydrogens (primary N) is 1. The molecule has 0 aliphatic carbocycles. The lowest BCUT2D eigenvalue weighted by molar-refractivity contribution is -0.127. The summed E-state index contributed by atoms with van der Waals surface area (Å²) in [4.78, 5) is 26.2. The molecule has 1 aromatic carbocycles. The average Bonchev–Trinajstić information content (AvgIpc) is 3.12. The van der Waals surface area contributed by atoms with Gasteiger partial charge in [-0.1, -0.05) is 23.8 Å². The molecule has 1 saturated heterocycles. The van der Waals surface area contributed by atoms with Gasteiger partial charge in [-0.15, -0.1) is 0 Å². The number of hydrogen-bond acceptors (Lipinski definition) is 4. The van der Waals surface area contributed by atoms with Gasteiger partial charge >= 0.3 is 0 Å². The molecule has 7 heteroatoms. The Balaban J connectivity index is 1.70. The number of nitrogens with one attached hydrogen (secondary N) is 1. The molecule has 2 aliphatic heterocycles. The molecule has 1 atom stereocenters. The van der Waals surface area contributed by atoms with Crippen LogP contribution < -0.4 is 11.1 Å². The lowest BCUT2D eigenvalue weighted by Crippen LogP contribution is -2.41. The molecule has 1 fully saturated rings. The summed E-state index contributed by atoms with van der Waals surface area (Å²) < 4.78 is 1.98. The first-order valence-corrected chi connectivity index (χ1v) is 10.5. The maximum Gasteiger partial charge on any atom is 0.254 e. The second-order valence-electron chi connectivity index (χ2n) is 8.41. The Morgan fingerprint density at radius 1 is 1.17 bits per heavy atom. The van der Waals surface area contributed by atoms with Crippen molar-refractivity contribution < 1.29 is 9.59 Å². The number of rotatable bonds is 4. The van der Waals surface area contributed by atoms with Gasteiger partial charge in [-0.2, -0.15) is 5.10 Å². The van der Waals surface area contributed by atoms with Gasteiger partial charge < -0.3 is 16.0 Å². The van der Waals surface area contributed by atoms with Crippen molar-refractivity contribution in [3.63, 3.8) is 0 Å². The second-order valence-corrected chi connectivity index (χ2v) is 8.41. The third-order valence-electron chi connectivity index (χ3n) is 6.27. The molecule has 0 saturated carbocycles. The van der Waals surface area contributed by atoms with E-state index < -0.39 is 5.91 Å². The summed E-state index contributed by atoms with van der Waals surface area (Å²) in [7, 11) is 0. The predicted octanol–water partition coefficient (Wildman–Crippen LogP) is 3.05. The van der Waals surface area contributed by atoms with Crippen molar-refractivity contribution in [1.29, 1.82) is 0 Å². The molecule has 1 aromatic heterocycles. The van der Waals surface area contributed by atoms with E-state index in [-0.39, 0.29) is 11.9 Å². The Bertz CT molecular complexity index is 981. The second kappa shape index (κ2) is 7.97. The van der Waals surface area contributed by atoms with Crippen LogP contribution in [-0.2, 0) is 4.79 Å². The molecule has 158 valence electrons. The van der Waals surface area contributed by atoms with Gasteiger partial charge in [0, 0.05) is 25.2 Å². The first kappa shape index (κ1) is 20.2. The van der Waals surface area contributed by atoms with Gasteiger partial charge in [0.15, 0.2) is 0 Å². The van der Waals surface area contributed by atoms with Crippen LogP contribution in [0, 0.1) is 19.8 Å². The summed E-state index contributed by atoms with van der Waals surface area (Å²) >= 11 is 0. The SMILES string of the molecule is C=CC(=O)N1CCC(C2CCNc3c(C(N)=O)c(-c4cc(C)cc(C)c4)nn32)CC1. The number of amides is 2. The largest absolute Gasteiger partial charge is 0.370 e. The summed E-state index contributed by atoms with van der Waals surface area (Å²) in [5.41, 5.74) is 10.1. The Labute approximate surface area is 176 Å². The van der Waals surface area contributed by atoms with E-state index in [4.69, 9.17) is 10.8 Å². The van der Waals surface area contributed by atoms with Crippen LogP contribution in [0.15, 0.2) is 30.9 Å². The number of hydrogen-bond donors (Lipinski definition) is 2. The Morgan fingerprint density at radius 3 is 2.43 bits per heavy atom. The lowest BCUT2D eigenvalue weighted by Gasteiger charge is -2.38. The number of aromatic nitrogens is 2. The Kier molecular flexibility index (Phi) is 5.37. The van der Waals surface area contributed by atoms with Crippen LogP contribution in [0.4, 0.5) is 5.82 Å². The van der Waals surface area contributed by atoms with E-state index in [1.165, 1.54) is 6.08 Å².